The Morgan fingerprint density at radius 2 is 1.27 bits per heavy atom. The van der Waals surface area contributed by atoms with Crippen molar-refractivity contribution in [2.75, 3.05) is 7.11 Å². The molecule has 1 heterocycles. The number of ether oxygens (including phenoxy) is 1. The van der Waals surface area contributed by atoms with Gasteiger partial charge in [-0.1, -0.05) is 103 Å². The topological polar surface area (TPSA) is 54.7 Å². The van der Waals surface area contributed by atoms with Crippen LogP contribution in [0.1, 0.15) is 44.6 Å². The van der Waals surface area contributed by atoms with Gasteiger partial charge in [-0.15, -0.1) is 0 Å². The van der Waals surface area contributed by atoms with Gasteiger partial charge in [0.25, 0.3) is 5.91 Å². The van der Waals surface area contributed by atoms with E-state index in [1.54, 1.807) is 13.2 Å². The Labute approximate surface area is 236 Å². The predicted molar refractivity (Wildman–Crippen MR) is 158 cm³/mol. The number of carbonyl (C=O) groups is 1. The SMILES string of the molecule is COc1ccc(CN(Cc2ccccc2)Cc2ccc(C(=O)NC(Cc3ccccc3)c3ccccc3)o2)cc1. The lowest BCUT2D eigenvalue weighted by Crippen LogP contribution is -2.29. The van der Waals surface area contributed by atoms with Crippen LogP contribution < -0.4 is 10.1 Å². The summed E-state index contributed by atoms with van der Waals surface area (Å²) in [5, 5.41) is 3.20. The number of nitrogens with one attached hydrogen (secondary N) is 1. The highest BCUT2D eigenvalue weighted by Crippen LogP contribution is 2.21. The monoisotopic (exact) mass is 530 g/mol. The lowest BCUT2D eigenvalue weighted by molar-refractivity contribution is 0.0904. The summed E-state index contributed by atoms with van der Waals surface area (Å²) in [4.78, 5) is 15.6. The lowest BCUT2D eigenvalue weighted by atomic mass is 9.99. The standard InChI is InChI=1S/C35H34N2O3/c1-39-31-19-17-29(18-20-31)25-37(24-28-13-7-3-8-14-28)26-32-21-22-34(40-32)35(38)36-33(30-15-9-4-10-16-30)23-27-11-5-2-6-12-27/h2-22,33H,23-26H2,1H3,(H,36,38). The minimum Gasteiger partial charge on any atom is -0.497 e. The molecule has 5 heteroatoms. The van der Waals surface area contributed by atoms with Gasteiger partial charge in [-0.2, -0.15) is 0 Å². The van der Waals surface area contributed by atoms with E-state index in [-0.39, 0.29) is 11.9 Å². The molecule has 0 fully saturated rings. The fraction of sp³-hybridized carbons (Fsp3) is 0.171. The highest BCUT2D eigenvalue weighted by Gasteiger charge is 2.20. The Morgan fingerprint density at radius 3 is 1.90 bits per heavy atom. The molecule has 5 nitrogen and oxygen atoms in total. The van der Waals surface area contributed by atoms with Gasteiger partial charge in [-0.05, 0) is 52.9 Å². The third-order valence-electron chi connectivity index (χ3n) is 6.87. The molecule has 40 heavy (non-hydrogen) atoms. The van der Waals surface area contributed by atoms with E-state index in [9.17, 15) is 4.79 Å². The lowest BCUT2D eigenvalue weighted by Gasteiger charge is -2.22. The average molecular weight is 531 g/mol. The van der Waals surface area contributed by atoms with Gasteiger partial charge in [0.2, 0.25) is 0 Å². The fourth-order valence-electron chi connectivity index (χ4n) is 4.82. The molecule has 5 aromatic rings. The quantitative estimate of drug-likeness (QED) is 0.185. The van der Waals surface area contributed by atoms with Crippen LogP contribution in [0.15, 0.2) is 132 Å². The zero-order valence-corrected chi connectivity index (χ0v) is 22.7. The highest BCUT2D eigenvalue weighted by atomic mass is 16.5. The largest absolute Gasteiger partial charge is 0.497 e. The number of nitrogens with zero attached hydrogens (tertiary/aromatic N) is 1. The Balaban J connectivity index is 1.30. The zero-order valence-electron chi connectivity index (χ0n) is 22.7. The van der Waals surface area contributed by atoms with E-state index < -0.39 is 0 Å². The van der Waals surface area contributed by atoms with Crippen molar-refractivity contribution in [1.29, 1.82) is 0 Å². The van der Waals surface area contributed by atoms with E-state index in [1.165, 1.54) is 11.1 Å². The van der Waals surface area contributed by atoms with E-state index in [2.05, 4.69) is 58.7 Å². The van der Waals surface area contributed by atoms with Crippen LogP contribution >= 0.6 is 0 Å². The highest BCUT2D eigenvalue weighted by molar-refractivity contribution is 5.91. The fourth-order valence-corrected chi connectivity index (χ4v) is 4.82. The second-order valence-corrected chi connectivity index (χ2v) is 9.87. The van der Waals surface area contributed by atoms with Gasteiger partial charge in [-0.25, -0.2) is 0 Å². The predicted octanol–water partition coefficient (Wildman–Crippen LogP) is 7.20. The van der Waals surface area contributed by atoms with Gasteiger partial charge in [0.05, 0.1) is 19.7 Å². The smallest absolute Gasteiger partial charge is 0.287 e. The van der Waals surface area contributed by atoms with Crippen LogP contribution in [0.2, 0.25) is 0 Å². The minimum absolute atomic E-state index is 0.172. The first-order chi connectivity index (χ1) is 19.7. The summed E-state index contributed by atoms with van der Waals surface area (Å²) >= 11 is 0. The molecule has 202 valence electrons. The Morgan fingerprint density at radius 1 is 0.700 bits per heavy atom. The first-order valence-corrected chi connectivity index (χ1v) is 13.5. The summed E-state index contributed by atoms with van der Waals surface area (Å²) in [6.07, 6.45) is 0.691. The van der Waals surface area contributed by atoms with Crippen molar-refractivity contribution in [1.82, 2.24) is 10.2 Å². The van der Waals surface area contributed by atoms with Gasteiger partial charge in [0.15, 0.2) is 5.76 Å². The molecule has 0 aliphatic rings. The maximum absolute atomic E-state index is 13.3. The van der Waals surface area contributed by atoms with Crippen LogP contribution in [0, 0.1) is 0 Å². The number of carbonyl (C=O) groups excluding carboxylic acids is 1. The van der Waals surface area contributed by atoms with E-state index in [4.69, 9.17) is 9.15 Å². The van der Waals surface area contributed by atoms with Crippen LogP contribution in [0.3, 0.4) is 0 Å². The normalized spacial score (nSPS) is 11.8. The Bertz CT molecular complexity index is 1470. The summed E-state index contributed by atoms with van der Waals surface area (Å²) in [5.74, 6) is 1.67. The van der Waals surface area contributed by atoms with Crippen molar-refractivity contribution < 1.29 is 13.9 Å². The summed E-state index contributed by atoms with van der Waals surface area (Å²) in [6, 6.07) is 42.2. The van der Waals surface area contributed by atoms with Crippen LogP contribution in [-0.2, 0) is 26.1 Å². The maximum atomic E-state index is 13.3. The molecule has 1 amide bonds. The van der Waals surface area contributed by atoms with Crippen molar-refractivity contribution in [3.8, 4) is 5.75 Å². The number of benzene rings is 4. The molecule has 0 radical (unpaired) electrons. The molecular formula is C35H34N2O3. The average Bonchev–Trinajstić information content (AvgIpc) is 3.47. The first-order valence-electron chi connectivity index (χ1n) is 13.5. The Kier molecular flexibility index (Phi) is 9.07. The molecule has 0 aliphatic heterocycles. The van der Waals surface area contributed by atoms with Gasteiger partial charge < -0.3 is 14.5 Å². The number of methoxy groups -OCH3 is 1. The molecule has 1 atom stereocenters. The van der Waals surface area contributed by atoms with Crippen molar-refractivity contribution in [3.63, 3.8) is 0 Å². The molecule has 0 saturated carbocycles. The number of rotatable bonds is 12. The molecule has 0 spiro atoms. The van der Waals surface area contributed by atoms with Crippen LogP contribution in [0.4, 0.5) is 0 Å². The molecule has 1 aromatic heterocycles. The molecule has 1 unspecified atom stereocenters. The molecule has 0 saturated heterocycles. The van der Waals surface area contributed by atoms with Gasteiger partial charge in [0.1, 0.15) is 11.5 Å². The molecule has 1 N–H and O–H groups in total. The number of hydrogen-bond acceptors (Lipinski definition) is 4. The van der Waals surface area contributed by atoms with Gasteiger partial charge >= 0.3 is 0 Å². The third kappa shape index (κ3) is 7.49. The second kappa shape index (κ2) is 13.5. The molecular weight excluding hydrogens is 496 g/mol. The molecule has 0 bridgehead atoms. The van der Waals surface area contributed by atoms with Crippen molar-refractivity contribution >= 4 is 5.91 Å². The zero-order chi connectivity index (χ0) is 27.6. The summed E-state index contributed by atoms with van der Waals surface area (Å²) in [5.41, 5.74) is 4.60. The molecule has 4 aromatic carbocycles. The van der Waals surface area contributed by atoms with Crippen molar-refractivity contribution in [2.24, 2.45) is 0 Å². The maximum Gasteiger partial charge on any atom is 0.287 e. The number of hydrogen-bond donors (Lipinski definition) is 1. The van der Waals surface area contributed by atoms with E-state index >= 15 is 0 Å². The van der Waals surface area contributed by atoms with Crippen LogP contribution in [-0.4, -0.2) is 17.9 Å². The summed E-state index contributed by atoms with van der Waals surface area (Å²) in [7, 11) is 1.67. The third-order valence-corrected chi connectivity index (χ3v) is 6.87. The van der Waals surface area contributed by atoms with Crippen LogP contribution in [0.5, 0.6) is 5.75 Å². The number of amides is 1. The van der Waals surface area contributed by atoms with Crippen molar-refractivity contribution in [2.45, 2.75) is 32.1 Å². The van der Waals surface area contributed by atoms with Gasteiger partial charge in [-0.3, -0.25) is 9.69 Å². The molecule has 0 aliphatic carbocycles. The number of furan rings is 1. The van der Waals surface area contributed by atoms with E-state index in [1.807, 2.05) is 72.8 Å². The Hall–Kier alpha value is -4.61. The van der Waals surface area contributed by atoms with E-state index in [0.717, 1.165) is 35.7 Å². The minimum atomic E-state index is -0.221. The van der Waals surface area contributed by atoms with Crippen molar-refractivity contribution in [3.05, 3.63) is 161 Å². The first kappa shape index (κ1) is 27.0. The summed E-state index contributed by atoms with van der Waals surface area (Å²) in [6.45, 7) is 2.05. The van der Waals surface area contributed by atoms with Crippen LogP contribution in [0.25, 0.3) is 0 Å². The van der Waals surface area contributed by atoms with Gasteiger partial charge in [0, 0.05) is 13.1 Å². The second-order valence-electron chi connectivity index (χ2n) is 9.87. The van der Waals surface area contributed by atoms with E-state index in [0.29, 0.717) is 18.7 Å². The molecule has 5 rings (SSSR count). The summed E-state index contributed by atoms with van der Waals surface area (Å²) < 4.78 is 11.4.